The molecule has 2 atom stereocenters. The van der Waals surface area contributed by atoms with Gasteiger partial charge in [0.2, 0.25) is 0 Å². The zero-order valence-corrected chi connectivity index (χ0v) is 17.6. The molecule has 2 unspecified atom stereocenters. The van der Waals surface area contributed by atoms with Crippen molar-refractivity contribution in [3.63, 3.8) is 0 Å². The second kappa shape index (κ2) is 8.04. The first-order chi connectivity index (χ1) is 15.4. The Balaban J connectivity index is 1.43. The van der Waals surface area contributed by atoms with Gasteiger partial charge in [-0.2, -0.15) is 0 Å². The van der Waals surface area contributed by atoms with Gasteiger partial charge in [-0.15, -0.1) is 0 Å². The van der Waals surface area contributed by atoms with E-state index in [-0.39, 0.29) is 12.3 Å². The fraction of sp³-hybridized carbons (Fsp3) is 0.360. The topological polar surface area (TPSA) is 65.1 Å². The molecule has 2 fully saturated rings. The average molecular weight is 413 g/mol. The molecule has 1 aromatic carbocycles. The fourth-order valence-electron chi connectivity index (χ4n) is 4.98. The van der Waals surface area contributed by atoms with Crippen LogP contribution in [0.4, 0.5) is 5.69 Å². The quantitative estimate of drug-likeness (QED) is 0.608. The van der Waals surface area contributed by atoms with Gasteiger partial charge >= 0.3 is 0 Å². The Morgan fingerprint density at radius 2 is 1.71 bits per heavy atom. The molecule has 1 saturated carbocycles. The van der Waals surface area contributed by atoms with E-state index in [1.54, 1.807) is 0 Å². The van der Waals surface area contributed by atoms with Crippen molar-refractivity contribution in [3.05, 3.63) is 77.9 Å². The number of anilines is 1. The molecule has 1 aliphatic carbocycles. The number of fused-ring (bicyclic) bond motifs is 1. The fourth-order valence-corrected chi connectivity index (χ4v) is 4.98. The predicted octanol–water partition coefficient (Wildman–Crippen LogP) is 3.64. The number of nitrogens with zero attached hydrogens (tertiary/aromatic N) is 3. The summed E-state index contributed by atoms with van der Waals surface area (Å²) in [5.74, 6) is 0.661. The highest BCUT2D eigenvalue weighted by atomic mass is 15.3. The molecule has 6 nitrogen and oxygen atoms in total. The Kier molecular flexibility index (Phi) is 4.91. The summed E-state index contributed by atoms with van der Waals surface area (Å²) in [5, 5.41) is 11.2. The van der Waals surface area contributed by atoms with Gasteiger partial charge in [0.05, 0.1) is 18.1 Å². The first-order valence-corrected chi connectivity index (χ1v) is 11.3. The lowest BCUT2D eigenvalue weighted by Crippen LogP contribution is -2.52. The minimum Gasteiger partial charge on any atom is -0.364 e. The van der Waals surface area contributed by atoms with Gasteiger partial charge in [-0.25, -0.2) is 0 Å². The molecule has 158 valence electrons. The molecule has 0 radical (unpaired) electrons. The van der Waals surface area contributed by atoms with Crippen molar-refractivity contribution in [1.82, 2.24) is 25.5 Å². The molecule has 3 aromatic rings. The summed E-state index contributed by atoms with van der Waals surface area (Å²) < 4.78 is 0. The lowest BCUT2D eigenvalue weighted by atomic mass is 9.94. The molecule has 6 heteroatoms. The van der Waals surface area contributed by atoms with Crippen molar-refractivity contribution in [1.29, 1.82) is 0 Å². The Morgan fingerprint density at radius 1 is 0.871 bits per heavy atom. The zero-order chi connectivity index (χ0) is 20.6. The van der Waals surface area contributed by atoms with Crippen LogP contribution in [0, 0.1) is 0 Å². The maximum atomic E-state index is 4.61. The van der Waals surface area contributed by atoms with E-state index in [0.29, 0.717) is 5.92 Å². The highest BCUT2D eigenvalue weighted by Gasteiger charge is 2.37. The minimum absolute atomic E-state index is 0.0122. The largest absolute Gasteiger partial charge is 0.364 e. The number of aromatic nitrogens is 2. The predicted molar refractivity (Wildman–Crippen MR) is 123 cm³/mol. The van der Waals surface area contributed by atoms with E-state index in [4.69, 9.17) is 0 Å². The highest BCUT2D eigenvalue weighted by Crippen LogP contribution is 2.47. The van der Waals surface area contributed by atoms with E-state index >= 15 is 0 Å². The number of hydrogen-bond donors (Lipinski definition) is 3. The van der Waals surface area contributed by atoms with Crippen LogP contribution in [0.5, 0.6) is 0 Å². The van der Waals surface area contributed by atoms with Crippen molar-refractivity contribution in [2.24, 2.45) is 0 Å². The van der Waals surface area contributed by atoms with Crippen molar-refractivity contribution in [3.8, 4) is 11.1 Å². The summed E-state index contributed by atoms with van der Waals surface area (Å²) in [6.45, 7) is 4.14. The molecular formula is C25H28N6. The summed E-state index contributed by atoms with van der Waals surface area (Å²) in [5.41, 5.74) is 7.52. The van der Waals surface area contributed by atoms with Gasteiger partial charge in [0.1, 0.15) is 6.17 Å². The molecule has 1 saturated heterocycles. The van der Waals surface area contributed by atoms with E-state index < -0.39 is 0 Å². The zero-order valence-electron chi connectivity index (χ0n) is 17.6. The molecule has 0 amide bonds. The van der Waals surface area contributed by atoms with Crippen LogP contribution in [0.2, 0.25) is 0 Å². The maximum Gasteiger partial charge on any atom is 0.105 e. The second-order valence-electron chi connectivity index (χ2n) is 8.73. The third kappa shape index (κ3) is 3.61. The van der Waals surface area contributed by atoms with Crippen LogP contribution in [0.3, 0.4) is 0 Å². The maximum absolute atomic E-state index is 4.61. The molecule has 2 aromatic heterocycles. The van der Waals surface area contributed by atoms with Crippen molar-refractivity contribution >= 4 is 5.69 Å². The molecule has 31 heavy (non-hydrogen) atoms. The number of piperazine rings is 1. The van der Waals surface area contributed by atoms with Gasteiger partial charge in [0.15, 0.2) is 0 Å². The normalized spacial score (nSPS) is 23.7. The summed E-state index contributed by atoms with van der Waals surface area (Å²) in [7, 11) is 0. The Morgan fingerprint density at radius 3 is 2.52 bits per heavy atom. The van der Waals surface area contributed by atoms with E-state index in [1.807, 2.05) is 18.6 Å². The number of nitrogens with one attached hydrogen (secondary N) is 3. The van der Waals surface area contributed by atoms with Crippen LogP contribution in [0.1, 0.15) is 47.8 Å². The third-order valence-electron chi connectivity index (χ3n) is 6.70. The summed E-state index contributed by atoms with van der Waals surface area (Å²) in [4.78, 5) is 11.6. The number of hydrogen-bond acceptors (Lipinski definition) is 6. The van der Waals surface area contributed by atoms with Crippen molar-refractivity contribution in [2.75, 3.05) is 31.5 Å². The molecule has 6 rings (SSSR count). The molecule has 3 N–H and O–H groups in total. The van der Waals surface area contributed by atoms with Crippen molar-refractivity contribution in [2.45, 2.75) is 31.1 Å². The van der Waals surface area contributed by atoms with E-state index in [2.05, 4.69) is 73.4 Å². The van der Waals surface area contributed by atoms with Crippen LogP contribution < -0.4 is 16.0 Å². The lowest BCUT2D eigenvalue weighted by molar-refractivity contribution is 0.132. The molecule has 0 spiro atoms. The minimum atomic E-state index is -0.0122. The monoisotopic (exact) mass is 412 g/mol. The number of benzene rings is 1. The Labute approximate surface area is 183 Å². The van der Waals surface area contributed by atoms with E-state index in [0.717, 1.165) is 37.4 Å². The average Bonchev–Trinajstić information content (AvgIpc) is 3.70. The van der Waals surface area contributed by atoms with E-state index in [9.17, 15) is 0 Å². The number of pyridine rings is 2. The summed E-state index contributed by atoms with van der Waals surface area (Å²) in [6.07, 6.45) is 10.7. The highest BCUT2D eigenvalue weighted by molar-refractivity contribution is 5.69. The second-order valence-corrected chi connectivity index (χ2v) is 8.73. The first-order valence-electron chi connectivity index (χ1n) is 11.3. The SMILES string of the molecule is c1ccc(-c2cnccc2C2Nc3cncc(C4CC4)c3C(N3CCNCC3)N2)cc1. The van der Waals surface area contributed by atoms with Gasteiger partial charge in [-0.3, -0.25) is 20.2 Å². The van der Waals surface area contributed by atoms with Crippen LogP contribution in [-0.2, 0) is 0 Å². The summed E-state index contributed by atoms with van der Waals surface area (Å²) in [6, 6.07) is 12.6. The summed E-state index contributed by atoms with van der Waals surface area (Å²) >= 11 is 0. The third-order valence-corrected chi connectivity index (χ3v) is 6.70. The van der Waals surface area contributed by atoms with E-state index in [1.165, 1.54) is 35.1 Å². The van der Waals surface area contributed by atoms with Gasteiger partial charge in [-0.1, -0.05) is 30.3 Å². The van der Waals surface area contributed by atoms with Crippen LogP contribution in [0.25, 0.3) is 11.1 Å². The van der Waals surface area contributed by atoms with Gasteiger partial charge in [-0.05, 0) is 41.5 Å². The number of rotatable bonds is 4. The van der Waals surface area contributed by atoms with Gasteiger partial charge in [0, 0.05) is 55.9 Å². The molecule has 4 heterocycles. The van der Waals surface area contributed by atoms with Crippen molar-refractivity contribution < 1.29 is 0 Å². The van der Waals surface area contributed by atoms with Gasteiger partial charge in [0.25, 0.3) is 0 Å². The van der Waals surface area contributed by atoms with Crippen LogP contribution in [0.15, 0.2) is 61.2 Å². The molecular weight excluding hydrogens is 384 g/mol. The standard InChI is InChI=1S/C25H28N6/c1-2-4-17(5-3-1)20-14-27-9-8-19(20)24-29-22-16-28-15-21(18-6-7-18)23(22)25(30-24)31-12-10-26-11-13-31/h1-5,8-9,14-16,18,24-26,29-30H,6-7,10-13H2. The van der Waals surface area contributed by atoms with Crippen LogP contribution in [-0.4, -0.2) is 41.0 Å². The Hall–Kier alpha value is -2.80. The van der Waals surface area contributed by atoms with Gasteiger partial charge < -0.3 is 10.6 Å². The molecule has 2 aliphatic heterocycles. The smallest absolute Gasteiger partial charge is 0.105 e. The first kappa shape index (κ1) is 18.9. The molecule has 3 aliphatic rings. The Bertz CT molecular complexity index is 1060. The lowest BCUT2D eigenvalue weighted by Gasteiger charge is -2.43. The molecule has 0 bridgehead atoms. The van der Waals surface area contributed by atoms with Crippen LogP contribution >= 0.6 is 0 Å².